The fourth-order valence-electron chi connectivity index (χ4n) is 3.24. The van der Waals surface area contributed by atoms with Crippen LogP contribution in [0, 0.1) is 13.8 Å². The highest BCUT2D eigenvalue weighted by molar-refractivity contribution is 7.16. The smallest absolute Gasteiger partial charge is 0.341 e. The number of fused-ring (bicyclic) bond motifs is 1. The first-order valence-electron chi connectivity index (χ1n) is 9.43. The summed E-state index contributed by atoms with van der Waals surface area (Å²) < 4.78 is 11.0. The van der Waals surface area contributed by atoms with Gasteiger partial charge >= 0.3 is 5.97 Å². The molecule has 8 heteroatoms. The lowest BCUT2D eigenvalue weighted by molar-refractivity contribution is -0.145. The first-order valence-corrected chi connectivity index (χ1v) is 10.2. The highest BCUT2D eigenvalue weighted by Gasteiger charge is 2.50. The molecule has 0 saturated carbocycles. The van der Waals surface area contributed by atoms with Crippen LogP contribution in [0.1, 0.15) is 41.6 Å². The monoisotopic (exact) mass is 416 g/mol. The Morgan fingerprint density at radius 3 is 2.59 bits per heavy atom. The van der Waals surface area contributed by atoms with Gasteiger partial charge in [-0.3, -0.25) is 9.59 Å². The number of para-hydroxylation sites is 2. The van der Waals surface area contributed by atoms with Crippen LogP contribution in [0.5, 0.6) is 5.75 Å². The lowest BCUT2D eigenvalue weighted by atomic mass is 9.99. The molecule has 2 aromatic rings. The van der Waals surface area contributed by atoms with Crippen molar-refractivity contribution >= 4 is 39.8 Å². The number of esters is 1. The van der Waals surface area contributed by atoms with Crippen molar-refractivity contribution in [3.05, 3.63) is 40.3 Å². The second-order valence-corrected chi connectivity index (χ2v) is 8.04. The van der Waals surface area contributed by atoms with Crippen LogP contribution in [0.3, 0.4) is 0 Å². The van der Waals surface area contributed by atoms with Gasteiger partial charge in [0.2, 0.25) is 0 Å². The average Bonchev–Trinajstić information content (AvgIpc) is 2.96. The van der Waals surface area contributed by atoms with Gasteiger partial charge in [0.05, 0.1) is 17.9 Å². The van der Waals surface area contributed by atoms with E-state index in [0.29, 0.717) is 28.5 Å². The number of carbonyl (C=O) groups is 3. The number of rotatable bonds is 5. The molecule has 2 heterocycles. The van der Waals surface area contributed by atoms with Crippen LogP contribution in [0.2, 0.25) is 0 Å². The number of hydrogen-bond donors (Lipinski definition) is 1. The van der Waals surface area contributed by atoms with Gasteiger partial charge in [-0.1, -0.05) is 12.1 Å². The Hall–Kier alpha value is -2.87. The number of hydrogen-bond acceptors (Lipinski definition) is 6. The Morgan fingerprint density at radius 1 is 1.24 bits per heavy atom. The minimum Gasteiger partial charge on any atom is -0.465 e. The quantitative estimate of drug-likeness (QED) is 0.594. The minimum atomic E-state index is -1.76. The lowest BCUT2D eigenvalue weighted by Gasteiger charge is -2.39. The van der Waals surface area contributed by atoms with Crippen molar-refractivity contribution in [2.75, 3.05) is 23.4 Å². The van der Waals surface area contributed by atoms with E-state index in [9.17, 15) is 14.4 Å². The van der Waals surface area contributed by atoms with Gasteiger partial charge in [-0.25, -0.2) is 4.79 Å². The maximum atomic E-state index is 13.2. The molecular weight excluding hydrogens is 392 g/mol. The minimum absolute atomic E-state index is 0.224. The van der Waals surface area contributed by atoms with E-state index in [1.807, 2.05) is 19.9 Å². The predicted molar refractivity (Wildman–Crippen MR) is 112 cm³/mol. The van der Waals surface area contributed by atoms with Gasteiger partial charge in [-0.05, 0) is 52.3 Å². The Labute approximate surface area is 173 Å². The van der Waals surface area contributed by atoms with E-state index < -0.39 is 23.4 Å². The van der Waals surface area contributed by atoms with Crippen molar-refractivity contribution in [1.29, 1.82) is 0 Å². The van der Waals surface area contributed by atoms with Crippen LogP contribution < -0.4 is 15.0 Å². The number of anilines is 2. The molecule has 1 aliphatic heterocycles. The zero-order valence-corrected chi connectivity index (χ0v) is 17.9. The molecule has 2 amide bonds. The third-order valence-corrected chi connectivity index (χ3v) is 6.09. The molecule has 0 aliphatic carbocycles. The number of nitrogens with one attached hydrogen (secondary N) is 1. The summed E-state index contributed by atoms with van der Waals surface area (Å²) in [5.41, 5.74) is -0.0878. The lowest BCUT2D eigenvalue weighted by Crippen LogP contribution is -2.60. The summed E-state index contributed by atoms with van der Waals surface area (Å²) in [6.45, 7) is 9.28. The number of nitrogens with zero attached hydrogens (tertiary/aromatic N) is 1. The molecule has 0 radical (unpaired) electrons. The topological polar surface area (TPSA) is 84.9 Å². The summed E-state index contributed by atoms with van der Waals surface area (Å²) in [7, 11) is 0. The summed E-state index contributed by atoms with van der Waals surface area (Å²) >= 11 is 1.27. The van der Waals surface area contributed by atoms with Crippen LogP contribution in [0.4, 0.5) is 10.7 Å². The summed E-state index contributed by atoms with van der Waals surface area (Å²) in [5, 5.41) is 3.08. The number of ether oxygens (including phenoxy) is 2. The van der Waals surface area contributed by atoms with E-state index in [1.165, 1.54) is 23.2 Å². The Kier molecular flexibility index (Phi) is 5.66. The van der Waals surface area contributed by atoms with Crippen molar-refractivity contribution < 1.29 is 23.9 Å². The highest BCUT2D eigenvalue weighted by atomic mass is 32.1. The number of thiophene rings is 1. The number of likely N-dealkylation sites (N-methyl/N-ethyl adjacent to an activating group) is 1. The zero-order chi connectivity index (χ0) is 21.3. The standard InChI is InChI=1S/C21H24N2O5S/c1-6-23-14-10-8-9-11-15(14)28-21(5,20(23)26)19(25)22-17-16(18(24)27-7-2)12(3)13(4)29-17/h8-11H,6-7H2,1-5H3,(H,22,25). The molecular formula is C21H24N2O5S. The summed E-state index contributed by atoms with van der Waals surface area (Å²) in [6.07, 6.45) is 0. The molecule has 1 unspecified atom stereocenters. The molecule has 1 N–H and O–H groups in total. The normalized spacial score (nSPS) is 18.1. The first-order chi connectivity index (χ1) is 13.7. The third kappa shape index (κ3) is 3.48. The highest BCUT2D eigenvalue weighted by Crippen LogP contribution is 2.39. The van der Waals surface area contributed by atoms with Crippen molar-refractivity contribution in [3.8, 4) is 5.75 Å². The van der Waals surface area contributed by atoms with Gasteiger partial charge in [-0.2, -0.15) is 0 Å². The molecule has 7 nitrogen and oxygen atoms in total. The summed E-state index contributed by atoms with van der Waals surface area (Å²) in [4.78, 5) is 41.1. The van der Waals surface area contributed by atoms with E-state index in [4.69, 9.17) is 9.47 Å². The fraction of sp³-hybridized carbons (Fsp3) is 0.381. The molecule has 0 bridgehead atoms. The fourth-order valence-corrected chi connectivity index (χ4v) is 4.28. The van der Waals surface area contributed by atoms with Gasteiger partial charge in [0, 0.05) is 11.4 Å². The van der Waals surface area contributed by atoms with Crippen LogP contribution in [0.15, 0.2) is 24.3 Å². The second kappa shape index (κ2) is 7.87. The van der Waals surface area contributed by atoms with Gasteiger partial charge in [0.1, 0.15) is 10.8 Å². The van der Waals surface area contributed by atoms with Crippen LogP contribution >= 0.6 is 11.3 Å². The molecule has 0 saturated heterocycles. The van der Waals surface area contributed by atoms with Crippen molar-refractivity contribution in [1.82, 2.24) is 0 Å². The van der Waals surface area contributed by atoms with E-state index in [2.05, 4.69) is 5.32 Å². The van der Waals surface area contributed by atoms with E-state index >= 15 is 0 Å². The van der Waals surface area contributed by atoms with Crippen LogP contribution in [-0.2, 0) is 14.3 Å². The Balaban J connectivity index is 1.97. The molecule has 1 aliphatic rings. The molecule has 1 atom stereocenters. The number of aryl methyl sites for hydroxylation is 1. The van der Waals surface area contributed by atoms with Gasteiger partial charge in [0.15, 0.2) is 0 Å². The Bertz CT molecular complexity index is 983. The van der Waals surface area contributed by atoms with Gasteiger partial charge in [0.25, 0.3) is 17.4 Å². The Morgan fingerprint density at radius 2 is 1.93 bits per heavy atom. The summed E-state index contributed by atoms with van der Waals surface area (Å²) in [5.74, 6) is -1.15. The molecule has 0 spiro atoms. The van der Waals surface area contributed by atoms with Crippen molar-refractivity contribution in [3.63, 3.8) is 0 Å². The summed E-state index contributed by atoms with van der Waals surface area (Å²) in [6, 6.07) is 7.09. The van der Waals surface area contributed by atoms with E-state index in [0.717, 1.165) is 10.4 Å². The predicted octanol–water partition coefficient (Wildman–Crippen LogP) is 3.68. The largest absolute Gasteiger partial charge is 0.465 e. The van der Waals surface area contributed by atoms with Gasteiger partial charge < -0.3 is 19.7 Å². The van der Waals surface area contributed by atoms with Crippen LogP contribution in [0.25, 0.3) is 0 Å². The number of carbonyl (C=O) groups excluding carboxylic acids is 3. The molecule has 29 heavy (non-hydrogen) atoms. The SMILES string of the molecule is CCOC(=O)c1c(NC(=O)C2(C)Oc3ccccc3N(CC)C2=O)sc(C)c1C. The molecule has 0 fully saturated rings. The first kappa shape index (κ1) is 20.9. The van der Waals surface area contributed by atoms with E-state index in [-0.39, 0.29) is 6.61 Å². The number of benzene rings is 1. The molecule has 3 rings (SSSR count). The molecule has 154 valence electrons. The van der Waals surface area contributed by atoms with E-state index in [1.54, 1.807) is 32.0 Å². The maximum Gasteiger partial charge on any atom is 0.341 e. The molecule has 1 aromatic carbocycles. The second-order valence-electron chi connectivity index (χ2n) is 6.81. The third-order valence-electron chi connectivity index (χ3n) is 4.96. The zero-order valence-electron chi connectivity index (χ0n) is 17.1. The van der Waals surface area contributed by atoms with Crippen molar-refractivity contribution in [2.24, 2.45) is 0 Å². The van der Waals surface area contributed by atoms with Gasteiger partial charge in [-0.15, -0.1) is 11.3 Å². The molecule has 1 aromatic heterocycles. The maximum absolute atomic E-state index is 13.2. The average molecular weight is 416 g/mol. The number of amides is 2. The van der Waals surface area contributed by atoms with Crippen LogP contribution in [-0.4, -0.2) is 36.5 Å². The van der Waals surface area contributed by atoms with Crippen molar-refractivity contribution in [2.45, 2.75) is 40.2 Å².